The summed E-state index contributed by atoms with van der Waals surface area (Å²) >= 11 is 0. The van der Waals surface area contributed by atoms with Gasteiger partial charge in [-0.05, 0) is 31.0 Å². The number of nitrogens with one attached hydrogen (secondary N) is 1. The molecule has 0 saturated carbocycles. The topological polar surface area (TPSA) is 88.6 Å². The van der Waals surface area contributed by atoms with Crippen LogP contribution in [0.5, 0.6) is 5.88 Å². The molecule has 0 atom stereocenters. The second kappa shape index (κ2) is 9.82. The van der Waals surface area contributed by atoms with Crippen molar-refractivity contribution < 1.29 is 35.5 Å². The van der Waals surface area contributed by atoms with Gasteiger partial charge >= 0.3 is 6.18 Å². The van der Waals surface area contributed by atoms with Gasteiger partial charge in [0.05, 0.1) is 0 Å². The predicted molar refractivity (Wildman–Crippen MR) is 106 cm³/mol. The molecule has 1 aromatic carbocycles. The average Bonchev–Trinajstić information content (AvgIpc) is 2.76. The number of carbonyl (C=O) groups is 1. The largest absolute Gasteiger partial charge is 0.468 e. The number of amides is 1. The zero-order valence-electron chi connectivity index (χ0n) is 16.8. The Hall–Kier alpha value is -2.73. The molecule has 32 heavy (non-hydrogen) atoms. The highest BCUT2D eigenvalue weighted by Gasteiger charge is 2.33. The molecule has 174 valence electrons. The summed E-state index contributed by atoms with van der Waals surface area (Å²) in [6, 6.07) is 8.08. The lowest BCUT2D eigenvalue weighted by Crippen LogP contribution is -2.43. The zero-order valence-corrected chi connectivity index (χ0v) is 17.6. The number of hydrogen-bond donors (Lipinski definition) is 1. The fourth-order valence-electron chi connectivity index (χ4n) is 3.32. The Morgan fingerprint density at radius 3 is 2.50 bits per heavy atom. The Morgan fingerprint density at radius 2 is 1.84 bits per heavy atom. The molecule has 1 N–H and O–H groups in total. The van der Waals surface area contributed by atoms with Gasteiger partial charge in [-0.1, -0.05) is 18.2 Å². The normalized spacial score (nSPS) is 16.0. The lowest BCUT2D eigenvalue weighted by Gasteiger charge is -2.30. The Balaban J connectivity index is 1.55. The number of carbonyl (C=O) groups excluding carboxylic acids is 1. The summed E-state index contributed by atoms with van der Waals surface area (Å²) in [6.07, 6.45) is -2.79. The first-order valence-corrected chi connectivity index (χ1v) is 11.2. The minimum atomic E-state index is -4.52. The van der Waals surface area contributed by atoms with Crippen LogP contribution < -0.4 is 10.1 Å². The summed E-state index contributed by atoms with van der Waals surface area (Å²) in [7, 11) is -4.01. The standard InChI is InChI=1S/C20H21F4N3O4S/c21-16-5-1-2-6-17(16)32(29,30)27-10-7-14(8-11-27)18(28)26-12-15-4-3-9-25-19(15)31-13-20(22,23)24/h1-6,9,14H,7-8,10-13H2,(H,26,28). The van der Waals surface area contributed by atoms with Gasteiger partial charge < -0.3 is 10.1 Å². The molecule has 0 aliphatic carbocycles. The highest BCUT2D eigenvalue weighted by Crippen LogP contribution is 2.26. The summed E-state index contributed by atoms with van der Waals surface area (Å²) < 4.78 is 82.2. The Bertz CT molecular complexity index is 1050. The quantitative estimate of drug-likeness (QED) is 0.623. The number of hydrogen-bond acceptors (Lipinski definition) is 5. The van der Waals surface area contributed by atoms with E-state index < -0.39 is 39.4 Å². The number of ether oxygens (including phenoxy) is 1. The minimum Gasteiger partial charge on any atom is -0.468 e. The molecule has 1 saturated heterocycles. The van der Waals surface area contributed by atoms with Crippen LogP contribution >= 0.6 is 0 Å². The van der Waals surface area contributed by atoms with E-state index in [4.69, 9.17) is 4.74 Å². The smallest absolute Gasteiger partial charge is 0.422 e. The van der Waals surface area contributed by atoms with Gasteiger partial charge in [-0.2, -0.15) is 17.5 Å². The summed E-state index contributed by atoms with van der Waals surface area (Å²) in [6.45, 7) is -1.50. The molecule has 3 rings (SSSR count). The number of rotatable bonds is 7. The number of piperidine rings is 1. The zero-order chi connectivity index (χ0) is 23.4. The van der Waals surface area contributed by atoms with Gasteiger partial charge in [0.25, 0.3) is 0 Å². The minimum absolute atomic E-state index is 0.0432. The summed E-state index contributed by atoms with van der Waals surface area (Å²) in [5, 5.41) is 2.63. The fourth-order valence-corrected chi connectivity index (χ4v) is 4.85. The number of sulfonamides is 1. The van der Waals surface area contributed by atoms with Crippen LogP contribution in [-0.4, -0.2) is 49.5 Å². The van der Waals surface area contributed by atoms with Crippen LogP contribution in [0.25, 0.3) is 0 Å². The molecule has 2 heterocycles. The van der Waals surface area contributed by atoms with Crippen molar-refractivity contribution in [3.63, 3.8) is 0 Å². The van der Waals surface area contributed by atoms with Crippen LogP contribution in [0.3, 0.4) is 0 Å². The predicted octanol–water partition coefficient (Wildman–Crippen LogP) is 2.88. The summed E-state index contributed by atoms with van der Waals surface area (Å²) in [4.78, 5) is 15.9. The van der Waals surface area contributed by atoms with E-state index >= 15 is 0 Å². The molecule has 1 amide bonds. The van der Waals surface area contributed by atoms with Gasteiger partial charge in [-0.3, -0.25) is 4.79 Å². The molecule has 2 aromatic rings. The van der Waals surface area contributed by atoms with E-state index in [1.54, 1.807) is 0 Å². The van der Waals surface area contributed by atoms with Crippen molar-refractivity contribution in [3.8, 4) is 5.88 Å². The molecular weight excluding hydrogens is 454 g/mol. The van der Waals surface area contributed by atoms with Crippen molar-refractivity contribution in [3.05, 3.63) is 54.0 Å². The first kappa shape index (κ1) is 23.9. The third-order valence-electron chi connectivity index (χ3n) is 4.95. The molecule has 1 aliphatic heterocycles. The maximum absolute atomic E-state index is 13.9. The number of benzene rings is 1. The fraction of sp³-hybridized carbons (Fsp3) is 0.400. The second-order valence-corrected chi connectivity index (χ2v) is 9.10. The average molecular weight is 475 g/mol. The van der Waals surface area contributed by atoms with Gasteiger partial charge in [0.2, 0.25) is 21.8 Å². The number of halogens is 4. The van der Waals surface area contributed by atoms with E-state index in [0.29, 0.717) is 0 Å². The van der Waals surface area contributed by atoms with E-state index in [1.807, 2.05) is 0 Å². The monoisotopic (exact) mass is 475 g/mol. The van der Waals surface area contributed by atoms with Crippen LogP contribution in [0, 0.1) is 11.7 Å². The summed E-state index contributed by atoms with van der Waals surface area (Å²) in [5.41, 5.74) is 0.282. The van der Waals surface area contributed by atoms with Gasteiger partial charge in [0.1, 0.15) is 10.7 Å². The van der Waals surface area contributed by atoms with Gasteiger partial charge in [0.15, 0.2) is 6.61 Å². The first-order valence-electron chi connectivity index (χ1n) is 9.74. The molecule has 12 heteroatoms. The van der Waals surface area contributed by atoms with E-state index in [1.165, 1.54) is 36.5 Å². The van der Waals surface area contributed by atoms with Gasteiger partial charge in [-0.15, -0.1) is 0 Å². The molecule has 0 spiro atoms. The van der Waals surface area contributed by atoms with Crippen LogP contribution in [0.2, 0.25) is 0 Å². The SMILES string of the molecule is O=C(NCc1cccnc1OCC(F)(F)F)C1CCN(S(=O)(=O)c2ccccc2F)CC1. The number of alkyl halides is 3. The Kier molecular flexibility index (Phi) is 7.34. The van der Waals surface area contributed by atoms with Crippen LogP contribution in [0.15, 0.2) is 47.5 Å². The summed E-state index contributed by atoms with van der Waals surface area (Å²) in [5.74, 6) is -1.92. The highest BCUT2D eigenvalue weighted by molar-refractivity contribution is 7.89. The number of pyridine rings is 1. The van der Waals surface area contributed by atoms with Crippen molar-refractivity contribution in [2.24, 2.45) is 5.92 Å². The van der Waals surface area contributed by atoms with E-state index in [2.05, 4.69) is 10.3 Å². The van der Waals surface area contributed by atoms with Crippen molar-refractivity contribution >= 4 is 15.9 Å². The van der Waals surface area contributed by atoms with Crippen molar-refractivity contribution in [2.75, 3.05) is 19.7 Å². The maximum atomic E-state index is 13.9. The first-order chi connectivity index (χ1) is 15.1. The second-order valence-electron chi connectivity index (χ2n) is 7.20. The van der Waals surface area contributed by atoms with E-state index in [-0.39, 0.29) is 49.8 Å². The third-order valence-corrected chi connectivity index (χ3v) is 6.89. The molecule has 0 unspecified atom stereocenters. The van der Waals surface area contributed by atoms with E-state index in [9.17, 15) is 30.8 Å². The van der Waals surface area contributed by atoms with Crippen molar-refractivity contribution in [1.29, 1.82) is 0 Å². The Labute approximate surface area is 182 Å². The number of aromatic nitrogens is 1. The Morgan fingerprint density at radius 1 is 1.16 bits per heavy atom. The molecule has 0 bridgehead atoms. The maximum Gasteiger partial charge on any atom is 0.422 e. The van der Waals surface area contributed by atoms with Gasteiger partial charge in [-0.25, -0.2) is 17.8 Å². The molecule has 1 aromatic heterocycles. The lowest BCUT2D eigenvalue weighted by molar-refractivity contribution is -0.154. The molecule has 7 nitrogen and oxygen atoms in total. The third kappa shape index (κ3) is 5.94. The van der Waals surface area contributed by atoms with Crippen LogP contribution in [0.1, 0.15) is 18.4 Å². The molecule has 0 radical (unpaired) electrons. The molecule has 1 fully saturated rings. The number of nitrogens with zero attached hydrogens (tertiary/aromatic N) is 2. The lowest BCUT2D eigenvalue weighted by atomic mass is 9.97. The van der Waals surface area contributed by atoms with Crippen LogP contribution in [-0.2, 0) is 21.4 Å². The molecule has 1 aliphatic rings. The van der Waals surface area contributed by atoms with E-state index in [0.717, 1.165) is 10.4 Å². The highest BCUT2D eigenvalue weighted by atomic mass is 32.2. The van der Waals surface area contributed by atoms with Gasteiger partial charge in [0, 0.05) is 37.3 Å². The van der Waals surface area contributed by atoms with Crippen LogP contribution in [0.4, 0.5) is 17.6 Å². The molecular formula is C20H21F4N3O4S. The van der Waals surface area contributed by atoms with Crippen molar-refractivity contribution in [1.82, 2.24) is 14.6 Å². The van der Waals surface area contributed by atoms with Crippen molar-refractivity contribution in [2.45, 2.75) is 30.5 Å².